The molecule has 1 saturated heterocycles. The highest BCUT2D eigenvalue weighted by Crippen LogP contribution is 2.36. The number of hydrogen-bond donors (Lipinski definition) is 1. The van der Waals surface area contributed by atoms with Gasteiger partial charge in [-0.25, -0.2) is 5.10 Å². The molecule has 1 N–H and O–H groups in total. The molecule has 1 aromatic rings. The van der Waals surface area contributed by atoms with Crippen molar-refractivity contribution in [2.45, 2.75) is 52.4 Å². The van der Waals surface area contributed by atoms with Crippen molar-refractivity contribution in [2.24, 2.45) is 11.8 Å². The Bertz CT molecular complexity index is 609. The van der Waals surface area contributed by atoms with Gasteiger partial charge >= 0.3 is 0 Å². The Balaban J connectivity index is 1.91. The van der Waals surface area contributed by atoms with Gasteiger partial charge in [0.05, 0.1) is 5.69 Å². The molecule has 0 unspecified atom stereocenters. The Morgan fingerprint density at radius 2 is 1.82 bits per heavy atom. The molecule has 5 heteroatoms. The lowest BCUT2D eigenvalue weighted by Crippen LogP contribution is -2.35. The van der Waals surface area contributed by atoms with Crippen LogP contribution in [-0.4, -0.2) is 34.1 Å². The average Bonchev–Trinajstić information content (AvgIpc) is 2.97. The molecule has 0 aromatic carbocycles. The van der Waals surface area contributed by atoms with Crippen LogP contribution in [0.4, 0.5) is 0 Å². The van der Waals surface area contributed by atoms with E-state index in [2.05, 4.69) is 10.2 Å². The molecule has 1 saturated carbocycles. The van der Waals surface area contributed by atoms with E-state index in [1.54, 1.807) is 0 Å². The molecule has 120 valence electrons. The van der Waals surface area contributed by atoms with Gasteiger partial charge in [0.1, 0.15) is 5.56 Å². The number of rotatable bonds is 3. The number of carbonyl (C=O) groups excluding carboxylic acids is 1. The number of carbonyl (C=O) groups is 1. The van der Waals surface area contributed by atoms with Gasteiger partial charge < -0.3 is 4.90 Å². The van der Waals surface area contributed by atoms with E-state index in [9.17, 15) is 9.59 Å². The summed E-state index contributed by atoms with van der Waals surface area (Å²) in [5, 5.41) is 6.61. The molecule has 0 radical (unpaired) electrons. The zero-order valence-electron chi connectivity index (χ0n) is 13.5. The highest BCUT2D eigenvalue weighted by Gasteiger charge is 2.37. The van der Waals surface area contributed by atoms with Crippen LogP contribution in [0, 0.1) is 11.8 Å². The lowest BCUT2D eigenvalue weighted by Gasteiger charge is -2.22. The van der Waals surface area contributed by atoms with Crippen LogP contribution in [0.5, 0.6) is 0 Å². The van der Waals surface area contributed by atoms with E-state index in [1.165, 1.54) is 25.7 Å². The van der Waals surface area contributed by atoms with Crippen molar-refractivity contribution in [3.05, 3.63) is 27.2 Å². The predicted molar refractivity (Wildman–Crippen MR) is 85.0 cm³/mol. The van der Waals surface area contributed by atoms with Gasteiger partial charge in [0.15, 0.2) is 0 Å². The van der Waals surface area contributed by atoms with Crippen molar-refractivity contribution in [1.29, 1.82) is 0 Å². The molecule has 2 aliphatic rings. The van der Waals surface area contributed by atoms with Crippen molar-refractivity contribution < 1.29 is 4.79 Å². The highest BCUT2D eigenvalue weighted by molar-refractivity contribution is 5.95. The van der Waals surface area contributed by atoms with E-state index in [4.69, 9.17) is 0 Å². The molecule has 1 aromatic heterocycles. The second kappa shape index (κ2) is 6.23. The van der Waals surface area contributed by atoms with E-state index in [0.717, 1.165) is 30.8 Å². The Kier molecular flexibility index (Phi) is 4.32. The van der Waals surface area contributed by atoms with Crippen molar-refractivity contribution in [1.82, 2.24) is 15.1 Å². The molecular weight excluding hydrogens is 278 g/mol. The first-order chi connectivity index (χ1) is 10.7. The van der Waals surface area contributed by atoms with Crippen LogP contribution >= 0.6 is 0 Å². The smallest absolute Gasteiger partial charge is 0.277 e. The third-order valence-electron chi connectivity index (χ3n) is 5.34. The monoisotopic (exact) mass is 303 g/mol. The summed E-state index contributed by atoms with van der Waals surface area (Å²) in [7, 11) is 0. The highest BCUT2D eigenvalue weighted by atomic mass is 16.2. The van der Waals surface area contributed by atoms with Gasteiger partial charge in [-0.1, -0.05) is 26.7 Å². The number of fused-ring (bicyclic) bond motifs is 1. The number of aryl methyl sites for hydroxylation is 1. The number of aromatic amines is 1. The van der Waals surface area contributed by atoms with Gasteiger partial charge in [-0.2, -0.15) is 5.10 Å². The Labute approximate surface area is 131 Å². The van der Waals surface area contributed by atoms with Crippen molar-refractivity contribution in [3.63, 3.8) is 0 Å². The van der Waals surface area contributed by atoms with Crippen LogP contribution in [0.3, 0.4) is 0 Å². The zero-order chi connectivity index (χ0) is 15.7. The van der Waals surface area contributed by atoms with Gasteiger partial charge in [-0.15, -0.1) is 0 Å². The minimum absolute atomic E-state index is 0.0930. The number of aromatic nitrogens is 2. The number of amides is 1. The molecule has 2 heterocycles. The first-order valence-corrected chi connectivity index (χ1v) is 8.55. The number of hydrogen-bond acceptors (Lipinski definition) is 3. The summed E-state index contributed by atoms with van der Waals surface area (Å²) < 4.78 is 0. The number of H-pyrrole nitrogens is 1. The largest absolute Gasteiger partial charge is 0.338 e. The maximum Gasteiger partial charge on any atom is 0.277 e. The van der Waals surface area contributed by atoms with Crippen LogP contribution in [-0.2, 0) is 12.8 Å². The summed E-state index contributed by atoms with van der Waals surface area (Å²) in [5.41, 5.74) is 1.65. The minimum Gasteiger partial charge on any atom is -0.338 e. The Hall–Kier alpha value is -1.65. The summed E-state index contributed by atoms with van der Waals surface area (Å²) in [4.78, 5) is 27.1. The Morgan fingerprint density at radius 3 is 2.36 bits per heavy atom. The molecule has 5 nitrogen and oxygen atoms in total. The van der Waals surface area contributed by atoms with Gasteiger partial charge in [0.25, 0.3) is 11.5 Å². The summed E-state index contributed by atoms with van der Waals surface area (Å²) in [6.07, 6.45) is 6.40. The maximum absolute atomic E-state index is 12.9. The normalized spacial score (nSPS) is 24.4. The van der Waals surface area contributed by atoms with E-state index >= 15 is 0 Å². The fourth-order valence-corrected chi connectivity index (χ4v) is 4.15. The third-order valence-corrected chi connectivity index (χ3v) is 5.34. The van der Waals surface area contributed by atoms with Crippen LogP contribution in [0.25, 0.3) is 0 Å². The fourth-order valence-electron chi connectivity index (χ4n) is 4.15. The quantitative estimate of drug-likeness (QED) is 0.930. The SMILES string of the molecule is CCc1n[nH]c(=O)c(C(=O)N2C[C@H]3CCCC[C@H]3C2)c1CC. The number of nitrogens with zero attached hydrogens (tertiary/aromatic N) is 2. The average molecular weight is 303 g/mol. The second-order valence-electron chi connectivity index (χ2n) is 6.57. The molecule has 1 aliphatic heterocycles. The lowest BCUT2D eigenvalue weighted by molar-refractivity contribution is 0.0780. The predicted octanol–water partition coefficient (Wildman–Crippen LogP) is 2.16. The lowest BCUT2D eigenvalue weighted by atomic mass is 9.82. The Morgan fingerprint density at radius 1 is 1.18 bits per heavy atom. The first-order valence-electron chi connectivity index (χ1n) is 8.55. The molecule has 22 heavy (non-hydrogen) atoms. The molecular formula is C17H25N3O2. The standard InChI is InChI=1S/C17H25N3O2/c1-3-13-14(4-2)18-19-16(21)15(13)17(22)20-9-11-7-5-6-8-12(11)10-20/h11-12H,3-10H2,1-2H3,(H,19,21)/t11-,12+. The summed E-state index contributed by atoms with van der Waals surface area (Å²) >= 11 is 0. The molecule has 0 bridgehead atoms. The van der Waals surface area contributed by atoms with Crippen molar-refractivity contribution >= 4 is 5.91 Å². The van der Waals surface area contributed by atoms with Crippen LogP contribution in [0.15, 0.2) is 4.79 Å². The molecule has 1 amide bonds. The third kappa shape index (κ3) is 2.57. The van der Waals surface area contributed by atoms with Gasteiger partial charge in [0, 0.05) is 13.1 Å². The van der Waals surface area contributed by atoms with Crippen molar-refractivity contribution in [3.8, 4) is 0 Å². The summed E-state index contributed by atoms with van der Waals surface area (Å²) in [6.45, 7) is 5.61. The van der Waals surface area contributed by atoms with Gasteiger partial charge in [0.2, 0.25) is 0 Å². The summed E-state index contributed by atoms with van der Waals surface area (Å²) in [5.74, 6) is 1.17. The zero-order valence-corrected chi connectivity index (χ0v) is 13.5. The molecule has 2 fully saturated rings. The fraction of sp³-hybridized carbons (Fsp3) is 0.706. The van der Waals surface area contributed by atoms with E-state index in [1.807, 2.05) is 18.7 Å². The van der Waals surface area contributed by atoms with Gasteiger partial charge in [-0.3, -0.25) is 9.59 Å². The number of likely N-dealkylation sites (tertiary alicyclic amines) is 1. The second-order valence-corrected chi connectivity index (χ2v) is 6.57. The topological polar surface area (TPSA) is 66.1 Å². The van der Waals surface area contributed by atoms with Crippen LogP contribution < -0.4 is 5.56 Å². The van der Waals surface area contributed by atoms with Gasteiger partial charge in [-0.05, 0) is 43.1 Å². The van der Waals surface area contributed by atoms with E-state index in [-0.39, 0.29) is 11.5 Å². The van der Waals surface area contributed by atoms with Crippen molar-refractivity contribution in [2.75, 3.05) is 13.1 Å². The van der Waals surface area contributed by atoms with Crippen LogP contribution in [0.2, 0.25) is 0 Å². The first kappa shape index (κ1) is 15.3. The summed E-state index contributed by atoms with van der Waals surface area (Å²) in [6, 6.07) is 0. The number of nitrogens with one attached hydrogen (secondary N) is 1. The molecule has 2 atom stereocenters. The maximum atomic E-state index is 12.9. The van der Waals surface area contributed by atoms with Crippen LogP contribution in [0.1, 0.15) is 61.1 Å². The van der Waals surface area contributed by atoms with E-state index < -0.39 is 0 Å². The molecule has 3 rings (SSSR count). The molecule has 1 aliphatic carbocycles. The molecule has 0 spiro atoms. The minimum atomic E-state index is -0.339. The van der Waals surface area contributed by atoms with E-state index in [0.29, 0.717) is 23.8 Å².